The number of hydrogen-bond acceptors (Lipinski definition) is 2. The summed E-state index contributed by atoms with van der Waals surface area (Å²) >= 11 is 5.90. The average molecular weight is 331 g/mol. The van der Waals surface area contributed by atoms with Crippen molar-refractivity contribution >= 4 is 11.6 Å². The summed E-state index contributed by atoms with van der Waals surface area (Å²) < 4.78 is 27.9. The second-order valence-electron chi connectivity index (χ2n) is 6.17. The van der Waals surface area contributed by atoms with E-state index in [2.05, 4.69) is 12.2 Å². The van der Waals surface area contributed by atoms with E-state index in [-0.39, 0.29) is 25.0 Å². The lowest BCUT2D eigenvalue weighted by molar-refractivity contribution is 0.00696. The van der Waals surface area contributed by atoms with E-state index in [0.29, 0.717) is 11.4 Å². The van der Waals surface area contributed by atoms with E-state index in [4.69, 9.17) is 11.6 Å². The van der Waals surface area contributed by atoms with E-state index in [0.717, 1.165) is 24.9 Å². The molecule has 2 atom stereocenters. The fraction of sp³-hybridized carbons (Fsp3) is 0.647. The number of nitrogens with one attached hydrogen (secondary N) is 1. The maximum Gasteiger partial charge on any atom is 0.262 e. The monoisotopic (exact) mass is 330 g/mol. The molecule has 1 fully saturated rings. The van der Waals surface area contributed by atoms with Gasteiger partial charge in [-0.1, -0.05) is 30.7 Å². The summed E-state index contributed by atoms with van der Waals surface area (Å²) in [6, 6.07) is 7.63. The molecule has 0 aromatic heterocycles. The molecular weight excluding hydrogens is 306 g/mol. The Bertz CT molecular complexity index is 464. The molecule has 2 unspecified atom stereocenters. The minimum Gasteiger partial charge on any atom is -0.320 e. The minimum absolute atomic E-state index is 0.0499. The molecule has 2 rings (SSSR count). The van der Waals surface area contributed by atoms with Crippen molar-refractivity contribution in [2.45, 2.75) is 50.6 Å². The highest BCUT2D eigenvalue weighted by Gasteiger charge is 2.46. The van der Waals surface area contributed by atoms with E-state index in [1.165, 1.54) is 0 Å². The van der Waals surface area contributed by atoms with E-state index in [1.807, 2.05) is 36.2 Å². The molecule has 0 aliphatic carbocycles. The highest BCUT2D eigenvalue weighted by molar-refractivity contribution is 6.30. The Morgan fingerprint density at radius 1 is 1.36 bits per heavy atom. The summed E-state index contributed by atoms with van der Waals surface area (Å²) in [6.07, 6.45) is 2.41. The third kappa shape index (κ3) is 4.64. The molecule has 1 heterocycles. The summed E-state index contributed by atoms with van der Waals surface area (Å²) in [6.45, 7) is 2.82. The van der Waals surface area contributed by atoms with Gasteiger partial charge in [0.25, 0.3) is 5.92 Å². The molecule has 1 aliphatic heterocycles. The SMILES string of the molecule is CCC(CCNC)N1CC(F)(F)CC1Cc1ccc(Cl)cc1. The quantitative estimate of drug-likeness (QED) is 0.813. The Morgan fingerprint density at radius 3 is 2.64 bits per heavy atom. The van der Waals surface area contributed by atoms with Crippen molar-refractivity contribution in [2.24, 2.45) is 0 Å². The molecule has 22 heavy (non-hydrogen) atoms. The third-order valence-electron chi connectivity index (χ3n) is 4.47. The topological polar surface area (TPSA) is 15.3 Å². The molecule has 1 aliphatic rings. The Hall–Kier alpha value is -0.710. The van der Waals surface area contributed by atoms with Gasteiger partial charge in [0.1, 0.15) is 0 Å². The van der Waals surface area contributed by atoms with Crippen molar-refractivity contribution < 1.29 is 8.78 Å². The normalized spacial score (nSPS) is 22.9. The van der Waals surface area contributed by atoms with E-state index in [9.17, 15) is 8.78 Å². The van der Waals surface area contributed by atoms with Gasteiger partial charge in [-0.25, -0.2) is 8.78 Å². The lowest BCUT2D eigenvalue weighted by atomic mass is 10.0. The van der Waals surface area contributed by atoms with Crippen LogP contribution in [0.1, 0.15) is 31.7 Å². The van der Waals surface area contributed by atoms with Gasteiger partial charge in [0.2, 0.25) is 0 Å². The number of rotatable bonds is 7. The largest absolute Gasteiger partial charge is 0.320 e. The summed E-state index contributed by atoms with van der Waals surface area (Å²) in [5.41, 5.74) is 1.07. The molecular formula is C17H25ClF2N2. The molecule has 0 amide bonds. The molecule has 2 nitrogen and oxygen atoms in total. The fourth-order valence-corrected chi connectivity index (χ4v) is 3.47. The van der Waals surface area contributed by atoms with E-state index >= 15 is 0 Å². The molecule has 1 saturated heterocycles. The summed E-state index contributed by atoms with van der Waals surface area (Å²) in [4.78, 5) is 2.02. The van der Waals surface area contributed by atoms with Crippen LogP contribution in [0.25, 0.3) is 0 Å². The number of likely N-dealkylation sites (tertiary alicyclic amines) is 1. The number of nitrogens with zero attached hydrogens (tertiary/aromatic N) is 1. The predicted molar refractivity (Wildman–Crippen MR) is 87.8 cm³/mol. The van der Waals surface area contributed by atoms with Gasteiger partial charge in [-0.05, 0) is 50.6 Å². The maximum absolute atomic E-state index is 14.0. The van der Waals surface area contributed by atoms with Gasteiger partial charge in [-0.3, -0.25) is 4.90 Å². The molecule has 5 heteroatoms. The molecule has 0 radical (unpaired) electrons. The van der Waals surface area contributed by atoms with Crippen molar-refractivity contribution in [2.75, 3.05) is 20.1 Å². The van der Waals surface area contributed by atoms with Crippen LogP contribution >= 0.6 is 11.6 Å². The van der Waals surface area contributed by atoms with Crippen molar-refractivity contribution in [3.8, 4) is 0 Å². The van der Waals surface area contributed by atoms with Crippen LogP contribution < -0.4 is 5.32 Å². The van der Waals surface area contributed by atoms with Crippen LogP contribution in [-0.4, -0.2) is 43.0 Å². The van der Waals surface area contributed by atoms with Crippen molar-refractivity contribution in [3.63, 3.8) is 0 Å². The van der Waals surface area contributed by atoms with Crippen molar-refractivity contribution in [3.05, 3.63) is 34.9 Å². The zero-order valence-corrected chi connectivity index (χ0v) is 14.0. The first-order valence-corrected chi connectivity index (χ1v) is 8.35. The first-order valence-electron chi connectivity index (χ1n) is 7.98. The fourth-order valence-electron chi connectivity index (χ4n) is 3.35. The Kier molecular flexibility index (Phi) is 6.18. The van der Waals surface area contributed by atoms with Crippen molar-refractivity contribution in [1.82, 2.24) is 10.2 Å². The van der Waals surface area contributed by atoms with Crippen LogP contribution in [0.15, 0.2) is 24.3 Å². The molecule has 0 bridgehead atoms. The minimum atomic E-state index is -2.58. The number of alkyl halides is 2. The Labute approximate surface area is 136 Å². The van der Waals surface area contributed by atoms with Gasteiger partial charge >= 0.3 is 0 Å². The third-order valence-corrected chi connectivity index (χ3v) is 4.72. The molecule has 0 spiro atoms. The number of hydrogen-bond donors (Lipinski definition) is 1. The number of benzene rings is 1. The lowest BCUT2D eigenvalue weighted by Crippen LogP contribution is -2.42. The van der Waals surface area contributed by atoms with Crippen LogP contribution in [0, 0.1) is 0 Å². The summed E-state index contributed by atoms with van der Waals surface area (Å²) in [7, 11) is 1.90. The highest BCUT2D eigenvalue weighted by Crippen LogP contribution is 2.36. The molecule has 0 saturated carbocycles. The number of halogens is 3. The van der Waals surface area contributed by atoms with Gasteiger partial charge in [-0.15, -0.1) is 0 Å². The second-order valence-corrected chi connectivity index (χ2v) is 6.61. The van der Waals surface area contributed by atoms with E-state index in [1.54, 1.807) is 0 Å². The smallest absolute Gasteiger partial charge is 0.262 e. The van der Waals surface area contributed by atoms with Gasteiger partial charge in [0.15, 0.2) is 0 Å². The van der Waals surface area contributed by atoms with Gasteiger partial charge in [0, 0.05) is 23.5 Å². The highest BCUT2D eigenvalue weighted by atomic mass is 35.5. The van der Waals surface area contributed by atoms with Crippen LogP contribution in [0.5, 0.6) is 0 Å². The van der Waals surface area contributed by atoms with Gasteiger partial charge in [0.05, 0.1) is 6.54 Å². The first kappa shape index (κ1) is 17.6. The van der Waals surface area contributed by atoms with Gasteiger partial charge in [-0.2, -0.15) is 0 Å². The summed E-state index contributed by atoms with van der Waals surface area (Å²) in [5.74, 6) is -2.58. The second kappa shape index (κ2) is 7.71. The Balaban J connectivity index is 2.09. The molecule has 1 N–H and O–H groups in total. The van der Waals surface area contributed by atoms with Crippen LogP contribution in [-0.2, 0) is 6.42 Å². The zero-order valence-electron chi connectivity index (χ0n) is 13.3. The van der Waals surface area contributed by atoms with E-state index < -0.39 is 5.92 Å². The van der Waals surface area contributed by atoms with Gasteiger partial charge < -0.3 is 5.32 Å². The zero-order chi connectivity index (χ0) is 16.2. The van der Waals surface area contributed by atoms with Crippen molar-refractivity contribution in [1.29, 1.82) is 0 Å². The summed E-state index contributed by atoms with van der Waals surface area (Å²) in [5, 5.41) is 3.80. The molecule has 124 valence electrons. The van der Waals surface area contributed by atoms with Crippen LogP contribution in [0.4, 0.5) is 8.78 Å². The Morgan fingerprint density at radius 2 is 2.05 bits per heavy atom. The van der Waals surface area contributed by atoms with Crippen LogP contribution in [0.3, 0.4) is 0 Å². The average Bonchev–Trinajstić information content (AvgIpc) is 2.77. The molecule has 1 aromatic carbocycles. The van der Waals surface area contributed by atoms with Crippen LogP contribution in [0.2, 0.25) is 5.02 Å². The standard InChI is InChI=1S/C17H25ClF2N2/c1-3-15(8-9-21-2)22-12-17(19,20)11-16(22)10-13-4-6-14(18)7-5-13/h4-7,15-16,21H,3,8-12H2,1-2H3. The predicted octanol–water partition coefficient (Wildman–Crippen LogP) is 3.98. The molecule has 1 aromatic rings. The maximum atomic E-state index is 14.0. The first-order chi connectivity index (χ1) is 10.4. The lowest BCUT2D eigenvalue weighted by Gasteiger charge is -2.32.